The lowest BCUT2D eigenvalue weighted by Crippen LogP contribution is -2.31. The zero-order valence-electron chi connectivity index (χ0n) is 10.9. The van der Waals surface area contributed by atoms with Crippen LogP contribution in [-0.2, 0) is 13.5 Å². The van der Waals surface area contributed by atoms with Crippen LogP contribution in [0.1, 0.15) is 26.4 Å². The first-order chi connectivity index (χ1) is 9.59. The third kappa shape index (κ3) is 1.77. The zero-order valence-corrected chi connectivity index (χ0v) is 10.9. The van der Waals surface area contributed by atoms with Crippen LogP contribution in [-0.4, -0.2) is 33.3 Å². The minimum atomic E-state index is -1.14. The van der Waals surface area contributed by atoms with Gasteiger partial charge in [0, 0.05) is 19.3 Å². The van der Waals surface area contributed by atoms with E-state index in [2.05, 4.69) is 5.10 Å². The molecule has 2 heterocycles. The molecule has 0 bridgehead atoms. The lowest BCUT2D eigenvalue weighted by Gasteiger charge is -2.17. The third-order valence-corrected chi connectivity index (χ3v) is 3.50. The molecule has 20 heavy (non-hydrogen) atoms. The minimum absolute atomic E-state index is 0.0677. The Morgan fingerprint density at radius 3 is 2.80 bits per heavy atom. The fraction of sp³-hybridized carbons (Fsp3) is 0.214. The van der Waals surface area contributed by atoms with E-state index in [-0.39, 0.29) is 17.2 Å². The molecule has 0 fully saturated rings. The largest absolute Gasteiger partial charge is 0.478 e. The number of carboxylic acid groups (broad SMARTS) is 1. The Labute approximate surface area is 115 Å². The van der Waals surface area contributed by atoms with Crippen molar-refractivity contribution >= 4 is 17.6 Å². The Balaban J connectivity index is 2.03. The number of aromatic carboxylic acids is 1. The van der Waals surface area contributed by atoms with Gasteiger partial charge in [0.2, 0.25) is 0 Å². The number of para-hydroxylation sites is 1. The standard InChI is InChI=1S/C14H13N3O3/c1-16-12(10(8-15-16)14(19)20)13(18)17-7-6-9-4-2-3-5-11(9)17/h2-5,8H,6-7H2,1H3,(H,19,20). The molecule has 1 aliphatic rings. The van der Waals surface area contributed by atoms with Crippen LogP contribution in [0.5, 0.6) is 0 Å². The highest BCUT2D eigenvalue weighted by Crippen LogP contribution is 2.29. The molecule has 1 aromatic heterocycles. The second-order valence-corrected chi connectivity index (χ2v) is 4.67. The van der Waals surface area contributed by atoms with Crippen molar-refractivity contribution < 1.29 is 14.7 Å². The SMILES string of the molecule is Cn1ncc(C(=O)O)c1C(=O)N1CCc2ccccc21. The lowest BCUT2D eigenvalue weighted by molar-refractivity contribution is 0.0691. The van der Waals surface area contributed by atoms with Crippen LogP contribution in [0.15, 0.2) is 30.5 Å². The molecule has 1 aromatic carbocycles. The number of carboxylic acids is 1. The second kappa shape index (κ2) is 4.48. The summed E-state index contributed by atoms with van der Waals surface area (Å²) in [5.74, 6) is -1.47. The van der Waals surface area contributed by atoms with Gasteiger partial charge in [0.15, 0.2) is 0 Å². The van der Waals surface area contributed by atoms with Crippen molar-refractivity contribution in [1.29, 1.82) is 0 Å². The summed E-state index contributed by atoms with van der Waals surface area (Å²) in [4.78, 5) is 25.4. The van der Waals surface area contributed by atoms with E-state index in [1.165, 1.54) is 10.9 Å². The van der Waals surface area contributed by atoms with Gasteiger partial charge in [-0.1, -0.05) is 18.2 Å². The molecule has 102 valence electrons. The summed E-state index contributed by atoms with van der Waals surface area (Å²) in [6.45, 7) is 0.558. The molecule has 2 aromatic rings. The van der Waals surface area contributed by atoms with Crippen molar-refractivity contribution in [3.63, 3.8) is 0 Å². The molecule has 0 aliphatic carbocycles. The average Bonchev–Trinajstić information content (AvgIpc) is 3.01. The summed E-state index contributed by atoms with van der Waals surface area (Å²) in [6, 6.07) is 7.65. The molecule has 1 N–H and O–H groups in total. The molecular weight excluding hydrogens is 258 g/mol. The molecule has 6 heteroatoms. The van der Waals surface area contributed by atoms with Gasteiger partial charge in [0.25, 0.3) is 5.91 Å². The first-order valence-corrected chi connectivity index (χ1v) is 6.24. The van der Waals surface area contributed by atoms with Crippen LogP contribution in [0.2, 0.25) is 0 Å². The molecule has 0 saturated carbocycles. The van der Waals surface area contributed by atoms with Gasteiger partial charge in [0.05, 0.1) is 6.20 Å². The number of benzene rings is 1. The van der Waals surface area contributed by atoms with Crippen LogP contribution in [0.3, 0.4) is 0 Å². The van der Waals surface area contributed by atoms with Crippen LogP contribution >= 0.6 is 0 Å². The molecule has 1 aliphatic heterocycles. The van der Waals surface area contributed by atoms with Crippen molar-refractivity contribution in [2.24, 2.45) is 7.05 Å². The topological polar surface area (TPSA) is 75.4 Å². The van der Waals surface area contributed by atoms with Gasteiger partial charge in [-0.2, -0.15) is 5.10 Å². The molecule has 3 rings (SSSR count). The van der Waals surface area contributed by atoms with E-state index in [1.54, 1.807) is 11.9 Å². The van der Waals surface area contributed by atoms with E-state index in [4.69, 9.17) is 5.11 Å². The van der Waals surface area contributed by atoms with Crippen LogP contribution in [0.4, 0.5) is 5.69 Å². The average molecular weight is 271 g/mol. The van der Waals surface area contributed by atoms with Crippen LogP contribution < -0.4 is 4.90 Å². The first-order valence-electron chi connectivity index (χ1n) is 6.24. The van der Waals surface area contributed by atoms with Gasteiger partial charge in [-0.25, -0.2) is 4.79 Å². The van der Waals surface area contributed by atoms with Gasteiger partial charge < -0.3 is 10.0 Å². The molecule has 0 atom stereocenters. The Hall–Kier alpha value is -2.63. The van der Waals surface area contributed by atoms with Gasteiger partial charge >= 0.3 is 5.97 Å². The van der Waals surface area contributed by atoms with E-state index in [9.17, 15) is 9.59 Å². The summed E-state index contributed by atoms with van der Waals surface area (Å²) < 4.78 is 1.31. The summed E-state index contributed by atoms with van der Waals surface area (Å²) in [7, 11) is 1.57. The maximum atomic E-state index is 12.6. The van der Waals surface area contributed by atoms with Crippen molar-refractivity contribution in [1.82, 2.24) is 9.78 Å². The van der Waals surface area contributed by atoms with E-state index < -0.39 is 5.97 Å². The second-order valence-electron chi connectivity index (χ2n) is 4.67. The van der Waals surface area contributed by atoms with Gasteiger partial charge in [-0.15, -0.1) is 0 Å². The highest BCUT2D eigenvalue weighted by molar-refractivity contribution is 6.11. The number of carbonyl (C=O) groups is 2. The number of amides is 1. The summed E-state index contributed by atoms with van der Waals surface area (Å²) >= 11 is 0. The molecule has 0 radical (unpaired) electrons. The predicted octanol–water partition coefficient (Wildman–Crippen LogP) is 1.32. The third-order valence-electron chi connectivity index (χ3n) is 3.50. The van der Waals surface area contributed by atoms with Gasteiger partial charge in [-0.3, -0.25) is 9.48 Å². The molecule has 0 spiro atoms. The maximum Gasteiger partial charge on any atom is 0.339 e. The van der Waals surface area contributed by atoms with Gasteiger partial charge in [0.1, 0.15) is 11.3 Å². The number of rotatable bonds is 2. The summed E-state index contributed by atoms with van der Waals surface area (Å²) in [5, 5.41) is 13.0. The predicted molar refractivity (Wildman–Crippen MR) is 72.0 cm³/mol. The number of aromatic nitrogens is 2. The lowest BCUT2D eigenvalue weighted by atomic mass is 10.2. The molecular formula is C14H13N3O3. The highest BCUT2D eigenvalue weighted by Gasteiger charge is 2.30. The fourth-order valence-electron chi connectivity index (χ4n) is 2.52. The van der Waals surface area contributed by atoms with Gasteiger partial charge in [-0.05, 0) is 18.1 Å². The highest BCUT2D eigenvalue weighted by atomic mass is 16.4. The van der Waals surface area contributed by atoms with Crippen LogP contribution in [0, 0.1) is 0 Å². The number of aryl methyl sites for hydroxylation is 1. The quantitative estimate of drug-likeness (QED) is 0.893. The Kier molecular flexibility index (Phi) is 2.78. The zero-order chi connectivity index (χ0) is 14.3. The first kappa shape index (κ1) is 12.4. The fourth-order valence-corrected chi connectivity index (χ4v) is 2.52. The van der Waals surface area contributed by atoms with E-state index in [0.717, 1.165) is 17.7 Å². The number of nitrogens with zero attached hydrogens (tertiary/aromatic N) is 3. The maximum absolute atomic E-state index is 12.6. The molecule has 6 nitrogen and oxygen atoms in total. The van der Waals surface area contributed by atoms with E-state index in [1.807, 2.05) is 24.3 Å². The van der Waals surface area contributed by atoms with Crippen molar-refractivity contribution in [2.45, 2.75) is 6.42 Å². The monoisotopic (exact) mass is 271 g/mol. The summed E-state index contributed by atoms with van der Waals surface area (Å²) in [6.07, 6.45) is 1.99. The summed E-state index contributed by atoms with van der Waals surface area (Å²) in [5.41, 5.74) is 1.98. The van der Waals surface area contributed by atoms with Crippen LogP contribution in [0.25, 0.3) is 0 Å². The number of anilines is 1. The Morgan fingerprint density at radius 1 is 1.30 bits per heavy atom. The molecule has 0 saturated heterocycles. The number of carbonyl (C=O) groups excluding carboxylic acids is 1. The number of fused-ring (bicyclic) bond motifs is 1. The molecule has 0 unspecified atom stereocenters. The number of hydrogen-bond donors (Lipinski definition) is 1. The Morgan fingerprint density at radius 2 is 2.05 bits per heavy atom. The van der Waals surface area contributed by atoms with E-state index >= 15 is 0 Å². The van der Waals surface area contributed by atoms with E-state index in [0.29, 0.717) is 6.54 Å². The number of hydrogen-bond acceptors (Lipinski definition) is 3. The van der Waals surface area contributed by atoms with Crippen molar-refractivity contribution in [3.05, 3.63) is 47.3 Å². The van der Waals surface area contributed by atoms with Crippen molar-refractivity contribution in [3.8, 4) is 0 Å². The normalized spacial score (nSPS) is 13.3. The molecule has 1 amide bonds. The Bertz CT molecular complexity index is 705. The minimum Gasteiger partial charge on any atom is -0.478 e. The van der Waals surface area contributed by atoms with Crippen molar-refractivity contribution in [2.75, 3.05) is 11.4 Å². The smallest absolute Gasteiger partial charge is 0.339 e.